The van der Waals surface area contributed by atoms with Crippen molar-refractivity contribution in [1.82, 2.24) is 0 Å². The molecule has 0 unspecified atom stereocenters. The summed E-state index contributed by atoms with van der Waals surface area (Å²) in [6, 6.07) is 1.10. The van der Waals surface area contributed by atoms with Gasteiger partial charge in [0.15, 0.2) is 0 Å². The van der Waals surface area contributed by atoms with E-state index in [0.29, 0.717) is 12.1 Å². The zero-order valence-electron chi connectivity index (χ0n) is 7.45. The van der Waals surface area contributed by atoms with Crippen molar-refractivity contribution in [2.75, 3.05) is 0 Å². The van der Waals surface area contributed by atoms with E-state index in [1.54, 1.807) is 0 Å². The summed E-state index contributed by atoms with van der Waals surface area (Å²) >= 11 is 0. The average Bonchev–Trinajstić information content (AvgIpc) is 2.12. The van der Waals surface area contributed by atoms with Crippen LogP contribution in [0.2, 0.25) is 0 Å². The van der Waals surface area contributed by atoms with E-state index in [9.17, 15) is 26.7 Å². The molecule has 0 saturated heterocycles. The molecule has 0 aliphatic heterocycles. The number of hydrogen-bond donors (Lipinski definition) is 0. The van der Waals surface area contributed by atoms with E-state index in [-0.39, 0.29) is 0 Å². The maximum atomic E-state index is 13.1. The van der Waals surface area contributed by atoms with Gasteiger partial charge >= 0.3 is 6.18 Å². The van der Waals surface area contributed by atoms with Crippen molar-refractivity contribution >= 4 is 5.78 Å². The molecule has 0 amide bonds. The number of Topliss-reactive ketones (excluding diaryl/α,β-unsaturated/α-hetero) is 1. The molecule has 15 heavy (non-hydrogen) atoms. The zero-order valence-corrected chi connectivity index (χ0v) is 7.45. The monoisotopic (exact) mass is 224 g/mol. The number of carbonyl (C=O) groups excluding carboxylic acids is 1. The lowest BCUT2D eigenvalue weighted by atomic mass is 10.1. The number of carbonyl (C=O) groups is 1. The molecule has 0 aliphatic carbocycles. The first-order chi connectivity index (χ1) is 6.75. The fraction of sp³-hybridized carbons (Fsp3) is 0.222. The van der Waals surface area contributed by atoms with Gasteiger partial charge in [-0.2, -0.15) is 13.2 Å². The Labute approximate surface area is 81.5 Å². The van der Waals surface area contributed by atoms with Gasteiger partial charge in [-0.3, -0.25) is 4.79 Å². The standard InChI is InChI=1S/C9H5F5O/c1-4-6(10)3-2-5(7(4)11)8(15)9(12,13)14/h2-3H,1H3. The van der Waals surface area contributed by atoms with Crippen LogP contribution in [0.15, 0.2) is 12.1 Å². The van der Waals surface area contributed by atoms with Gasteiger partial charge in [0.1, 0.15) is 11.6 Å². The first-order valence-electron chi connectivity index (χ1n) is 3.81. The molecule has 1 aromatic rings. The molecular weight excluding hydrogens is 219 g/mol. The second kappa shape index (κ2) is 3.60. The molecule has 0 N–H and O–H groups in total. The summed E-state index contributed by atoms with van der Waals surface area (Å²) in [4.78, 5) is 10.7. The molecule has 0 aromatic heterocycles. The maximum Gasteiger partial charge on any atom is 0.454 e. The Morgan fingerprint density at radius 1 is 1.20 bits per heavy atom. The van der Waals surface area contributed by atoms with Gasteiger partial charge < -0.3 is 0 Å². The molecule has 0 aliphatic rings. The predicted octanol–water partition coefficient (Wildman–Crippen LogP) is 3.02. The summed E-state index contributed by atoms with van der Waals surface area (Å²) in [7, 11) is 0. The number of rotatable bonds is 1. The van der Waals surface area contributed by atoms with E-state index >= 15 is 0 Å². The second-order valence-corrected chi connectivity index (χ2v) is 2.86. The number of hydrogen-bond acceptors (Lipinski definition) is 1. The van der Waals surface area contributed by atoms with Crippen LogP contribution in [0.25, 0.3) is 0 Å². The SMILES string of the molecule is Cc1c(F)ccc(C(=O)C(F)(F)F)c1F. The average molecular weight is 224 g/mol. The van der Waals surface area contributed by atoms with Crippen molar-refractivity contribution < 1.29 is 26.7 Å². The Balaban J connectivity index is 3.29. The molecule has 0 bridgehead atoms. The summed E-state index contributed by atoms with van der Waals surface area (Å²) in [5.74, 6) is -4.79. The Kier molecular flexibility index (Phi) is 2.79. The Bertz CT molecular complexity index is 408. The van der Waals surface area contributed by atoms with E-state index in [0.717, 1.165) is 6.92 Å². The highest BCUT2D eigenvalue weighted by Crippen LogP contribution is 2.25. The van der Waals surface area contributed by atoms with Crippen LogP contribution in [0.4, 0.5) is 22.0 Å². The fourth-order valence-electron chi connectivity index (χ4n) is 0.990. The van der Waals surface area contributed by atoms with Crippen molar-refractivity contribution in [2.24, 2.45) is 0 Å². The van der Waals surface area contributed by atoms with Crippen LogP contribution in [0.5, 0.6) is 0 Å². The smallest absolute Gasteiger partial charge is 0.284 e. The second-order valence-electron chi connectivity index (χ2n) is 2.86. The van der Waals surface area contributed by atoms with E-state index in [1.165, 1.54) is 0 Å². The van der Waals surface area contributed by atoms with E-state index < -0.39 is 34.7 Å². The summed E-state index contributed by atoms with van der Waals surface area (Å²) in [5, 5.41) is 0. The lowest BCUT2D eigenvalue weighted by Crippen LogP contribution is -2.24. The lowest BCUT2D eigenvalue weighted by molar-refractivity contribution is -0.0887. The van der Waals surface area contributed by atoms with Crippen molar-refractivity contribution in [3.63, 3.8) is 0 Å². The zero-order chi connectivity index (χ0) is 11.8. The van der Waals surface area contributed by atoms with Gasteiger partial charge in [-0.25, -0.2) is 8.78 Å². The molecule has 0 radical (unpaired) electrons. The minimum Gasteiger partial charge on any atom is -0.284 e. The van der Waals surface area contributed by atoms with E-state index in [2.05, 4.69) is 0 Å². The van der Waals surface area contributed by atoms with Crippen molar-refractivity contribution in [1.29, 1.82) is 0 Å². The summed E-state index contributed by atoms with van der Waals surface area (Å²) in [6.07, 6.45) is -5.16. The predicted molar refractivity (Wildman–Crippen MR) is 41.5 cm³/mol. The largest absolute Gasteiger partial charge is 0.454 e. The van der Waals surface area contributed by atoms with Gasteiger partial charge in [0, 0.05) is 5.56 Å². The van der Waals surface area contributed by atoms with E-state index in [4.69, 9.17) is 0 Å². The highest BCUT2D eigenvalue weighted by atomic mass is 19.4. The molecule has 82 valence electrons. The third-order valence-electron chi connectivity index (χ3n) is 1.82. The Morgan fingerprint density at radius 3 is 2.20 bits per heavy atom. The number of halogens is 5. The Morgan fingerprint density at radius 2 is 1.73 bits per heavy atom. The minimum absolute atomic E-state index is 0.480. The molecule has 0 atom stereocenters. The van der Waals surface area contributed by atoms with Gasteiger partial charge in [-0.05, 0) is 19.1 Å². The van der Waals surface area contributed by atoms with Crippen LogP contribution in [0, 0.1) is 18.6 Å². The molecule has 6 heteroatoms. The lowest BCUT2D eigenvalue weighted by Gasteiger charge is -2.07. The van der Waals surface area contributed by atoms with Crippen LogP contribution in [0.1, 0.15) is 15.9 Å². The molecule has 1 nitrogen and oxygen atoms in total. The van der Waals surface area contributed by atoms with Gasteiger partial charge in [0.05, 0.1) is 5.56 Å². The maximum absolute atomic E-state index is 13.1. The van der Waals surface area contributed by atoms with Crippen LogP contribution >= 0.6 is 0 Å². The third kappa shape index (κ3) is 2.14. The van der Waals surface area contributed by atoms with Gasteiger partial charge in [-0.1, -0.05) is 0 Å². The highest BCUT2D eigenvalue weighted by molar-refractivity contribution is 6.00. The van der Waals surface area contributed by atoms with Gasteiger partial charge in [0.25, 0.3) is 5.78 Å². The molecule has 0 saturated carbocycles. The molecule has 1 aromatic carbocycles. The third-order valence-corrected chi connectivity index (χ3v) is 1.82. The van der Waals surface area contributed by atoms with E-state index in [1.807, 2.05) is 0 Å². The highest BCUT2D eigenvalue weighted by Gasteiger charge is 2.41. The molecule has 1 rings (SSSR count). The van der Waals surface area contributed by atoms with Crippen molar-refractivity contribution in [2.45, 2.75) is 13.1 Å². The first kappa shape index (κ1) is 11.6. The summed E-state index contributed by atoms with van der Waals surface area (Å²) in [6.45, 7) is 0.956. The van der Waals surface area contributed by atoms with Gasteiger partial charge in [0.2, 0.25) is 0 Å². The quantitative estimate of drug-likeness (QED) is 0.529. The first-order valence-corrected chi connectivity index (χ1v) is 3.81. The topological polar surface area (TPSA) is 17.1 Å². The van der Waals surface area contributed by atoms with Crippen LogP contribution in [-0.2, 0) is 0 Å². The minimum atomic E-state index is -5.16. The number of alkyl halides is 3. The van der Waals surface area contributed by atoms with Crippen molar-refractivity contribution in [3.05, 3.63) is 34.9 Å². The molecular formula is C9H5F5O. The molecule has 0 heterocycles. The fourth-order valence-corrected chi connectivity index (χ4v) is 0.990. The van der Waals surface area contributed by atoms with Crippen LogP contribution in [0.3, 0.4) is 0 Å². The Hall–Kier alpha value is -1.46. The van der Waals surface area contributed by atoms with Crippen LogP contribution < -0.4 is 0 Å². The normalized spacial score (nSPS) is 11.6. The molecule has 0 fully saturated rings. The van der Waals surface area contributed by atoms with Crippen molar-refractivity contribution in [3.8, 4) is 0 Å². The van der Waals surface area contributed by atoms with Crippen LogP contribution in [-0.4, -0.2) is 12.0 Å². The number of benzene rings is 1. The summed E-state index contributed by atoms with van der Waals surface area (Å²) in [5.41, 5.74) is -1.77. The molecule has 0 spiro atoms. The van der Waals surface area contributed by atoms with Gasteiger partial charge in [-0.15, -0.1) is 0 Å². The number of ketones is 1. The summed E-state index contributed by atoms with van der Waals surface area (Å²) < 4.78 is 61.6.